The van der Waals surface area contributed by atoms with Crippen LogP contribution < -0.4 is 9.62 Å². The van der Waals surface area contributed by atoms with Gasteiger partial charge in [0.1, 0.15) is 5.82 Å². The molecule has 0 unspecified atom stereocenters. The average Bonchev–Trinajstić information content (AvgIpc) is 3.11. The fourth-order valence-electron chi connectivity index (χ4n) is 2.85. The molecule has 1 aliphatic heterocycles. The largest absolute Gasteiger partial charge is 0.371 e. The van der Waals surface area contributed by atoms with E-state index in [9.17, 15) is 17.6 Å². The maximum Gasteiger partial charge on any atom is 0.262 e. The van der Waals surface area contributed by atoms with E-state index < -0.39 is 15.8 Å². The van der Waals surface area contributed by atoms with E-state index in [1.54, 1.807) is 6.07 Å². The number of hydrogen-bond donors (Lipinski definition) is 1. The third kappa shape index (κ3) is 3.82. The smallest absolute Gasteiger partial charge is 0.262 e. The lowest BCUT2D eigenvalue weighted by molar-refractivity contribution is 0.101. The fraction of sp³-hybridized carbons (Fsp3) is 0.278. The zero-order valence-corrected chi connectivity index (χ0v) is 14.6. The van der Waals surface area contributed by atoms with Gasteiger partial charge in [-0.1, -0.05) is 12.1 Å². The van der Waals surface area contributed by atoms with Crippen molar-refractivity contribution in [1.82, 2.24) is 0 Å². The Morgan fingerprint density at radius 1 is 1.12 bits per heavy atom. The summed E-state index contributed by atoms with van der Waals surface area (Å²) in [5, 5.41) is 0. The summed E-state index contributed by atoms with van der Waals surface area (Å²) in [6.07, 6.45) is 2.13. The minimum absolute atomic E-state index is 0.0776. The molecular formula is C18H19FN2O3S. The Kier molecular flexibility index (Phi) is 4.76. The SMILES string of the molecule is CC(=O)c1cccc(S(=O)(=O)Nc2cc(N3CCCC3)ccc2F)c1. The van der Waals surface area contributed by atoms with Crippen LogP contribution in [0.5, 0.6) is 0 Å². The molecule has 0 atom stereocenters. The molecule has 0 bridgehead atoms. The molecule has 1 N–H and O–H groups in total. The van der Waals surface area contributed by atoms with Crippen molar-refractivity contribution < 1.29 is 17.6 Å². The van der Waals surface area contributed by atoms with Crippen LogP contribution in [0.1, 0.15) is 30.1 Å². The third-order valence-corrected chi connectivity index (χ3v) is 5.58. The van der Waals surface area contributed by atoms with Crippen LogP contribution in [0, 0.1) is 5.82 Å². The van der Waals surface area contributed by atoms with E-state index in [-0.39, 0.29) is 21.9 Å². The highest BCUT2D eigenvalue weighted by Crippen LogP contribution is 2.27. The van der Waals surface area contributed by atoms with Crippen LogP contribution in [0.4, 0.5) is 15.8 Å². The first-order valence-corrected chi connectivity index (χ1v) is 9.53. The van der Waals surface area contributed by atoms with Crippen molar-refractivity contribution in [1.29, 1.82) is 0 Å². The van der Waals surface area contributed by atoms with Crippen LogP contribution in [0.2, 0.25) is 0 Å². The van der Waals surface area contributed by atoms with Crippen LogP contribution in [0.25, 0.3) is 0 Å². The second kappa shape index (κ2) is 6.84. The Bertz CT molecular complexity index is 906. The molecule has 1 aliphatic rings. The number of carbonyl (C=O) groups is 1. The molecule has 1 fully saturated rings. The molecule has 1 saturated heterocycles. The summed E-state index contributed by atoms with van der Waals surface area (Å²) in [5.74, 6) is -0.881. The number of Topliss-reactive ketones (excluding diaryl/α,β-unsaturated/α-hetero) is 1. The molecule has 0 spiro atoms. The van der Waals surface area contributed by atoms with Crippen molar-refractivity contribution in [3.8, 4) is 0 Å². The average molecular weight is 362 g/mol. The predicted molar refractivity (Wildman–Crippen MR) is 95.1 cm³/mol. The van der Waals surface area contributed by atoms with Crippen molar-refractivity contribution in [3.63, 3.8) is 0 Å². The number of nitrogens with zero attached hydrogens (tertiary/aromatic N) is 1. The van der Waals surface area contributed by atoms with Crippen LogP contribution in [0.15, 0.2) is 47.4 Å². The molecule has 0 amide bonds. The molecule has 5 nitrogen and oxygen atoms in total. The van der Waals surface area contributed by atoms with E-state index in [4.69, 9.17) is 0 Å². The van der Waals surface area contributed by atoms with Crippen LogP contribution in [-0.2, 0) is 10.0 Å². The molecule has 2 aromatic rings. The third-order valence-electron chi connectivity index (χ3n) is 4.22. The van der Waals surface area contributed by atoms with Gasteiger partial charge in [-0.05, 0) is 50.1 Å². The lowest BCUT2D eigenvalue weighted by Crippen LogP contribution is -2.19. The molecule has 0 radical (unpaired) electrons. The molecule has 0 aliphatic carbocycles. The van der Waals surface area contributed by atoms with Crippen LogP contribution in [-0.4, -0.2) is 27.3 Å². The van der Waals surface area contributed by atoms with Crippen molar-refractivity contribution in [2.75, 3.05) is 22.7 Å². The Hall–Kier alpha value is -2.41. The number of carbonyl (C=O) groups excluding carboxylic acids is 1. The standard InChI is InChI=1S/C18H19FN2O3S/c1-13(22)14-5-4-6-16(11-14)25(23,24)20-18-12-15(7-8-17(18)19)21-9-2-3-10-21/h4-8,11-12,20H,2-3,9-10H2,1H3. The number of anilines is 2. The number of benzene rings is 2. The molecule has 132 valence electrons. The van der Waals surface area contributed by atoms with Crippen LogP contribution >= 0.6 is 0 Å². The fourth-order valence-corrected chi connectivity index (χ4v) is 3.95. The first-order valence-electron chi connectivity index (χ1n) is 8.05. The second-order valence-corrected chi connectivity index (χ2v) is 7.73. The Morgan fingerprint density at radius 2 is 1.84 bits per heavy atom. The Balaban J connectivity index is 1.91. The maximum atomic E-state index is 14.1. The van der Waals surface area contributed by atoms with Gasteiger partial charge in [-0.2, -0.15) is 0 Å². The van der Waals surface area contributed by atoms with E-state index in [1.807, 2.05) is 0 Å². The molecule has 3 rings (SSSR count). The number of rotatable bonds is 5. The van der Waals surface area contributed by atoms with Gasteiger partial charge in [0, 0.05) is 24.3 Å². The monoisotopic (exact) mass is 362 g/mol. The predicted octanol–water partition coefficient (Wildman–Crippen LogP) is 3.43. The topological polar surface area (TPSA) is 66.5 Å². The summed E-state index contributed by atoms with van der Waals surface area (Å²) >= 11 is 0. The van der Waals surface area contributed by atoms with E-state index in [2.05, 4.69) is 9.62 Å². The van der Waals surface area contributed by atoms with Crippen LogP contribution in [0.3, 0.4) is 0 Å². The first kappa shape index (κ1) is 17.4. The van der Waals surface area contributed by atoms with E-state index in [0.29, 0.717) is 0 Å². The Labute approximate surface area is 146 Å². The van der Waals surface area contributed by atoms with Gasteiger partial charge >= 0.3 is 0 Å². The highest BCUT2D eigenvalue weighted by atomic mass is 32.2. The van der Waals surface area contributed by atoms with Gasteiger partial charge in [-0.25, -0.2) is 12.8 Å². The summed E-state index contributed by atoms with van der Waals surface area (Å²) in [5.41, 5.74) is 0.973. The number of sulfonamides is 1. The summed E-state index contributed by atoms with van der Waals surface area (Å²) in [6, 6.07) is 10.1. The molecule has 7 heteroatoms. The van der Waals surface area contributed by atoms with Crippen molar-refractivity contribution in [2.24, 2.45) is 0 Å². The highest BCUT2D eigenvalue weighted by molar-refractivity contribution is 7.92. The van der Waals surface area contributed by atoms with Crippen molar-refractivity contribution >= 4 is 27.2 Å². The lowest BCUT2D eigenvalue weighted by Gasteiger charge is -2.19. The first-order chi connectivity index (χ1) is 11.9. The zero-order valence-electron chi connectivity index (χ0n) is 13.8. The molecule has 0 aromatic heterocycles. The highest BCUT2D eigenvalue weighted by Gasteiger charge is 2.19. The zero-order chi connectivity index (χ0) is 18.0. The van der Waals surface area contributed by atoms with Crippen molar-refractivity contribution in [2.45, 2.75) is 24.7 Å². The normalized spacial score (nSPS) is 14.6. The number of halogens is 1. The van der Waals surface area contributed by atoms with Gasteiger partial charge in [0.15, 0.2) is 5.78 Å². The van der Waals surface area contributed by atoms with Gasteiger partial charge in [0.2, 0.25) is 0 Å². The minimum atomic E-state index is -3.99. The van der Waals surface area contributed by atoms with Gasteiger partial charge in [-0.3, -0.25) is 9.52 Å². The van der Waals surface area contributed by atoms with Gasteiger partial charge < -0.3 is 4.90 Å². The molecule has 0 saturated carbocycles. The molecule has 25 heavy (non-hydrogen) atoms. The van der Waals surface area contributed by atoms with Gasteiger partial charge in [0.25, 0.3) is 10.0 Å². The number of nitrogens with one attached hydrogen (secondary N) is 1. The van der Waals surface area contributed by atoms with Crippen molar-refractivity contribution in [3.05, 3.63) is 53.8 Å². The summed E-state index contributed by atoms with van der Waals surface area (Å²) < 4.78 is 41.5. The molecule has 2 aromatic carbocycles. The van der Waals surface area contributed by atoms with Gasteiger partial charge in [-0.15, -0.1) is 0 Å². The second-order valence-electron chi connectivity index (χ2n) is 6.05. The van der Waals surface area contributed by atoms with E-state index in [1.165, 1.54) is 43.3 Å². The summed E-state index contributed by atoms with van der Waals surface area (Å²) in [4.78, 5) is 13.5. The Morgan fingerprint density at radius 3 is 2.52 bits per heavy atom. The summed E-state index contributed by atoms with van der Waals surface area (Å²) in [6.45, 7) is 3.11. The number of ketones is 1. The molecule has 1 heterocycles. The summed E-state index contributed by atoms with van der Waals surface area (Å²) in [7, 11) is -3.99. The van der Waals surface area contributed by atoms with E-state index >= 15 is 0 Å². The molecular weight excluding hydrogens is 343 g/mol. The van der Waals surface area contributed by atoms with Gasteiger partial charge in [0.05, 0.1) is 10.6 Å². The number of hydrogen-bond acceptors (Lipinski definition) is 4. The minimum Gasteiger partial charge on any atom is -0.371 e. The quantitative estimate of drug-likeness (QED) is 0.828. The maximum absolute atomic E-state index is 14.1. The van der Waals surface area contributed by atoms with E-state index in [0.717, 1.165) is 31.6 Å². The lowest BCUT2D eigenvalue weighted by atomic mass is 10.2.